The van der Waals surface area contributed by atoms with Crippen LogP contribution < -0.4 is 0 Å². The predicted molar refractivity (Wildman–Crippen MR) is 144 cm³/mol. The van der Waals surface area contributed by atoms with E-state index in [-0.39, 0.29) is 4.90 Å². The summed E-state index contributed by atoms with van der Waals surface area (Å²) in [6, 6.07) is 14.8. The van der Waals surface area contributed by atoms with Gasteiger partial charge in [-0.3, -0.25) is 4.18 Å². The van der Waals surface area contributed by atoms with Crippen molar-refractivity contribution in [1.82, 2.24) is 4.98 Å². The average Bonchev–Trinajstić information content (AvgIpc) is 3.61. The minimum atomic E-state index is -4.14. The molecule has 0 saturated carbocycles. The zero-order valence-electron chi connectivity index (χ0n) is 20.7. The first-order chi connectivity index (χ1) is 18.6. The molecule has 5 rings (SSSR count). The molecule has 0 bridgehead atoms. The molecule has 0 radical (unpaired) electrons. The van der Waals surface area contributed by atoms with E-state index in [1.54, 1.807) is 48.9 Å². The Balaban J connectivity index is 1.33. The third-order valence-electron chi connectivity index (χ3n) is 6.47. The van der Waals surface area contributed by atoms with E-state index in [2.05, 4.69) is 4.98 Å². The molecule has 1 saturated heterocycles. The van der Waals surface area contributed by atoms with Crippen LogP contribution in [0.3, 0.4) is 0 Å². The van der Waals surface area contributed by atoms with Gasteiger partial charge < -0.3 is 24.5 Å². The SMILES string of the molecule is Cc1ccc(S(=O)(=O)OC[C@H]2O[C@@H](c3ccc(Cl)c(Cc4ncc(-c5ccco5)s4)c3)[C@H](O)[C@@H](O)[C@@H]2O)cc1. The molecule has 4 aromatic rings. The fraction of sp³-hybridized carbons (Fsp3) is 0.296. The van der Waals surface area contributed by atoms with Crippen molar-refractivity contribution >= 4 is 33.1 Å². The number of nitrogens with zero attached hydrogens (tertiary/aromatic N) is 1. The lowest BCUT2D eigenvalue weighted by Gasteiger charge is -2.40. The summed E-state index contributed by atoms with van der Waals surface area (Å²) in [5.41, 5.74) is 2.08. The largest absolute Gasteiger partial charge is 0.463 e. The van der Waals surface area contributed by atoms with Crippen molar-refractivity contribution in [2.24, 2.45) is 0 Å². The molecule has 0 unspecified atom stereocenters. The van der Waals surface area contributed by atoms with Crippen molar-refractivity contribution in [3.8, 4) is 10.6 Å². The van der Waals surface area contributed by atoms with Gasteiger partial charge in [0.05, 0.1) is 27.7 Å². The molecule has 3 N–H and O–H groups in total. The van der Waals surface area contributed by atoms with E-state index in [0.717, 1.165) is 15.4 Å². The van der Waals surface area contributed by atoms with E-state index < -0.39 is 47.2 Å². The molecule has 1 aliphatic rings. The lowest BCUT2D eigenvalue weighted by atomic mass is 9.90. The number of thiazole rings is 1. The molecule has 2 aromatic heterocycles. The van der Waals surface area contributed by atoms with Gasteiger partial charge in [-0.25, -0.2) is 4.98 Å². The van der Waals surface area contributed by atoms with Crippen molar-refractivity contribution in [1.29, 1.82) is 0 Å². The molecule has 1 fully saturated rings. The third-order valence-corrected chi connectivity index (χ3v) is 9.14. The van der Waals surface area contributed by atoms with Crippen LogP contribution in [-0.2, 0) is 25.5 Å². The first kappa shape index (κ1) is 27.9. The highest BCUT2D eigenvalue weighted by Gasteiger charge is 2.45. The van der Waals surface area contributed by atoms with Crippen LogP contribution in [0.25, 0.3) is 10.6 Å². The van der Waals surface area contributed by atoms with Crippen LogP contribution >= 0.6 is 22.9 Å². The highest BCUT2D eigenvalue weighted by molar-refractivity contribution is 7.86. The Morgan fingerprint density at radius 3 is 2.54 bits per heavy atom. The maximum absolute atomic E-state index is 12.6. The number of rotatable bonds is 8. The van der Waals surface area contributed by atoms with E-state index >= 15 is 0 Å². The molecule has 2 aromatic carbocycles. The maximum Gasteiger partial charge on any atom is 0.297 e. The highest BCUT2D eigenvalue weighted by Crippen LogP contribution is 2.36. The Kier molecular flexibility index (Phi) is 8.22. The van der Waals surface area contributed by atoms with Gasteiger partial charge in [0, 0.05) is 17.6 Å². The predicted octanol–water partition coefficient (Wildman–Crippen LogP) is 3.88. The Morgan fingerprint density at radius 2 is 1.82 bits per heavy atom. The molecule has 0 spiro atoms. The fourth-order valence-electron chi connectivity index (χ4n) is 4.29. The molecule has 0 aliphatic carbocycles. The summed E-state index contributed by atoms with van der Waals surface area (Å²) in [6.45, 7) is 1.26. The minimum absolute atomic E-state index is 0.0460. The number of hydrogen-bond donors (Lipinski definition) is 3. The Hall–Kier alpha value is -2.61. The van der Waals surface area contributed by atoms with Gasteiger partial charge in [0.1, 0.15) is 36.3 Å². The summed E-state index contributed by atoms with van der Waals surface area (Å²) in [5.74, 6) is 0.711. The van der Waals surface area contributed by atoms with Crippen LogP contribution in [0.15, 0.2) is 76.4 Å². The van der Waals surface area contributed by atoms with E-state index in [4.69, 9.17) is 24.9 Å². The molecule has 9 nitrogen and oxygen atoms in total. The van der Waals surface area contributed by atoms with E-state index in [9.17, 15) is 23.7 Å². The fourth-order valence-corrected chi connectivity index (χ4v) is 6.30. The number of aliphatic hydroxyl groups excluding tert-OH is 3. The van der Waals surface area contributed by atoms with Gasteiger partial charge in [-0.15, -0.1) is 11.3 Å². The van der Waals surface area contributed by atoms with Crippen LogP contribution in [0, 0.1) is 6.92 Å². The number of hydrogen-bond acceptors (Lipinski definition) is 10. The average molecular weight is 592 g/mol. The highest BCUT2D eigenvalue weighted by atomic mass is 35.5. The van der Waals surface area contributed by atoms with Crippen LogP contribution in [-0.4, -0.2) is 59.7 Å². The first-order valence-corrected chi connectivity index (χ1v) is 14.7. The number of halogens is 1. The summed E-state index contributed by atoms with van der Waals surface area (Å²) in [5, 5.41) is 33.0. The maximum atomic E-state index is 12.6. The third kappa shape index (κ3) is 6.11. The normalized spacial score (nSPS) is 23.7. The Bertz CT molecular complexity index is 1520. The number of aromatic nitrogens is 1. The number of aryl methyl sites for hydroxylation is 1. The standard InChI is InChI=1S/C27H26ClNO8S2/c1-15-4-7-18(8-5-15)39(33,34)36-14-21-24(30)25(31)26(32)27(37-21)16-6-9-19(28)17(11-16)12-23-29-13-22(38-23)20-3-2-10-35-20/h2-11,13,21,24-27,30-32H,12,14H2,1H3/t21-,24-,25+,26-,27+/m1/s1. The molecule has 206 valence electrons. The quantitative estimate of drug-likeness (QED) is 0.260. The second-order valence-corrected chi connectivity index (χ2v) is 12.4. The molecular formula is C27H26ClNO8S2. The number of aliphatic hydroxyl groups is 3. The topological polar surface area (TPSA) is 139 Å². The number of furan rings is 1. The smallest absolute Gasteiger partial charge is 0.297 e. The zero-order chi connectivity index (χ0) is 27.7. The van der Waals surface area contributed by atoms with Crippen LogP contribution in [0.2, 0.25) is 5.02 Å². The molecule has 3 heterocycles. The van der Waals surface area contributed by atoms with Crippen molar-refractivity contribution < 1.29 is 37.1 Å². The number of ether oxygens (including phenoxy) is 1. The van der Waals surface area contributed by atoms with Gasteiger partial charge in [0.25, 0.3) is 10.1 Å². The molecular weight excluding hydrogens is 566 g/mol. The molecule has 12 heteroatoms. The van der Waals surface area contributed by atoms with Crippen LogP contribution in [0.4, 0.5) is 0 Å². The molecule has 1 aliphatic heterocycles. The Labute approximate surface area is 234 Å². The van der Waals surface area contributed by atoms with E-state index in [0.29, 0.717) is 28.3 Å². The first-order valence-electron chi connectivity index (χ1n) is 12.0. The second kappa shape index (κ2) is 11.5. The summed E-state index contributed by atoms with van der Waals surface area (Å²) >= 11 is 7.91. The molecule has 0 amide bonds. The monoisotopic (exact) mass is 591 g/mol. The Morgan fingerprint density at radius 1 is 1.05 bits per heavy atom. The number of benzene rings is 2. The van der Waals surface area contributed by atoms with Gasteiger partial charge in [-0.1, -0.05) is 41.4 Å². The summed E-state index contributed by atoms with van der Waals surface area (Å²) in [4.78, 5) is 5.27. The summed E-state index contributed by atoms with van der Waals surface area (Å²) in [6.07, 6.45) is -3.27. The van der Waals surface area contributed by atoms with Crippen LogP contribution in [0.5, 0.6) is 0 Å². The lowest BCUT2D eigenvalue weighted by molar-refractivity contribution is -0.229. The van der Waals surface area contributed by atoms with Crippen molar-refractivity contribution in [2.45, 2.75) is 48.8 Å². The van der Waals surface area contributed by atoms with Gasteiger partial charge >= 0.3 is 0 Å². The van der Waals surface area contributed by atoms with Crippen molar-refractivity contribution in [3.63, 3.8) is 0 Å². The van der Waals surface area contributed by atoms with Crippen molar-refractivity contribution in [2.75, 3.05) is 6.61 Å². The van der Waals surface area contributed by atoms with Gasteiger partial charge in [-0.2, -0.15) is 8.42 Å². The van der Waals surface area contributed by atoms with Crippen LogP contribution in [0.1, 0.15) is 27.8 Å². The summed E-state index contributed by atoms with van der Waals surface area (Å²) < 4.78 is 41.7. The summed E-state index contributed by atoms with van der Waals surface area (Å²) in [7, 11) is -4.14. The second-order valence-electron chi connectivity index (χ2n) is 9.24. The minimum Gasteiger partial charge on any atom is -0.463 e. The lowest BCUT2D eigenvalue weighted by Crippen LogP contribution is -2.55. The molecule has 39 heavy (non-hydrogen) atoms. The zero-order valence-corrected chi connectivity index (χ0v) is 23.1. The van der Waals surface area contributed by atoms with Gasteiger partial charge in [0.15, 0.2) is 0 Å². The van der Waals surface area contributed by atoms with Gasteiger partial charge in [0.2, 0.25) is 0 Å². The van der Waals surface area contributed by atoms with Crippen molar-refractivity contribution in [3.05, 3.63) is 93.8 Å². The van der Waals surface area contributed by atoms with E-state index in [1.165, 1.54) is 23.5 Å². The molecule has 5 atom stereocenters. The van der Waals surface area contributed by atoms with E-state index in [1.807, 2.05) is 13.0 Å². The van der Waals surface area contributed by atoms with Gasteiger partial charge in [-0.05, 0) is 48.4 Å².